The molecule has 0 saturated carbocycles. The minimum atomic E-state index is -0.201. The molecule has 0 N–H and O–H groups in total. The summed E-state index contributed by atoms with van der Waals surface area (Å²) < 4.78 is 0. The van der Waals surface area contributed by atoms with Gasteiger partial charge >= 0.3 is 0 Å². The van der Waals surface area contributed by atoms with Crippen molar-refractivity contribution < 1.29 is 9.59 Å². The Balaban J connectivity index is 1.59. The zero-order chi connectivity index (χ0) is 20.1. The molecule has 3 nitrogen and oxygen atoms in total. The molecule has 0 radical (unpaired) electrons. The molecule has 3 aromatic carbocycles. The topological polar surface area (TPSA) is 37.4 Å². The van der Waals surface area contributed by atoms with Gasteiger partial charge < -0.3 is 0 Å². The molecule has 2 amide bonds. The Morgan fingerprint density at radius 2 is 1.21 bits per heavy atom. The molecule has 0 aliphatic carbocycles. The van der Waals surface area contributed by atoms with Gasteiger partial charge in [0.15, 0.2) is 0 Å². The van der Waals surface area contributed by atoms with Gasteiger partial charge in [-0.05, 0) is 23.1 Å². The predicted octanol–water partition coefficient (Wildman–Crippen LogP) is 4.94. The molecule has 4 rings (SSSR count). The van der Waals surface area contributed by atoms with Crippen molar-refractivity contribution in [3.05, 3.63) is 113 Å². The fourth-order valence-corrected chi connectivity index (χ4v) is 4.45. The van der Waals surface area contributed by atoms with E-state index >= 15 is 0 Å². The van der Waals surface area contributed by atoms with E-state index in [0.717, 1.165) is 16.7 Å². The second-order valence-electron chi connectivity index (χ2n) is 6.84. The first-order valence-corrected chi connectivity index (χ1v) is 10.6. The van der Waals surface area contributed by atoms with Crippen LogP contribution in [0.1, 0.15) is 16.7 Å². The van der Waals surface area contributed by atoms with E-state index in [1.54, 1.807) is 0 Å². The second kappa shape index (κ2) is 8.93. The zero-order valence-corrected chi connectivity index (χ0v) is 16.8. The van der Waals surface area contributed by atoms with Crippen molar-refractivity contribution in [2.45, 2.75) is 12.2 Å². The van der Waals surface area contributed by atoms with Crippen LogP contribution in [0.15, 0.2) is 95.9 Å². The highest BCUT2D eigenvalue weighted by Gasteiger charge is 2.38. The molecule has 0 aromatic heterocycles. The number of thioether (sulfide) groups is 1. The smallest absolute Gasteiger partial charge is 0.268 e. The van der Waals surface area contributed by atoms with E-state index in [1.165, 1.54) is 16.7 Å². The molecule has 0 spiro atoms. The third-order valence-electron chi connectivity index (χ3n) is 4.88. The number of rotatable bonds is 7. The summed E-state index contributed by atoms with van der Waals surface area (Å²) in [5.41, 5.74) is 3.55. The van der Waals surface area contributed by atoms with Crippen LogP contribution in [0.3, 0.4) is 0 Å². The van der Waals surface area contributed by atoms with Crippen LogP contribution < -0.4 is 0 Å². The number of hydrogen-bond acceptors (Lipinski definition) is 3. The molecule has 144 valence electrons. The van der Waals surface area contributed by atoms with Gasteiger partial charge in [-0.15, -0.1) is 11.8 Å². The number of hydrogen-bond donors (Lipinski definition) is 0. The summed E-state index contributed by atoms with van der Waals surface area (Å²) in [6.07, 6.45) is 0.650. The van der Waals surface area contributed by atoms with Gasteiger partial charge in [0, 0.05) is 12.3 Å². The van der Waals surface area contributed by atoms with E-state index in [0.29, 0.717) is 29.2 Å². The number of nitrogens with zero attached hydrogens (tertiary/aromatic N) is 1. The fraction of sp³-hybridized carbons (Fsp3) is 0.120. The van der Waals surface area contributed by atoms with Gasteiger partial charge in [0.1, 0.15) is 0 Å². The van der Waals surface area contributed by atoms with Crippen LogP contribution in [-0.2, 0) is 21.8 Å². The van der Waals surface area contributed by atoms with Crippen molar-refractivity contribution in [1.82, 2.24) is 4.90 Å². The van der Waals surface area contributed by atoms with Crippen LogP contribution in [-0.4, -0.2) is 23.3 Å². The summed E-state index contributed by atoms with van der Waals surface area (Å²) in [7, 11) is 0. The Morgan fingerprint density at radius 3 is 1.83 bits per heavy atom. The maximum atomic E-state index is 13.2. The Morgan fingerprint density at radius 1 is 0.655 bits per heavy atom. The monoisotopic (exact) mass is 399 g/mol. The lowest BCUT2D eigenvalue weighted by atomic mass is 10.1. The second-order valence-corrected chi connectivity index (χ2v) is 7.83. The molecule has 3 aromatic rings. The summed E-state index contributed by atoms with van der Waals surface area (Å²) >= 11 is 1.44. The van der Waals surface area contributed by atoms with Gasteiger partial charge in [-0.2, -0.15) is 0 Å². The standard InChI is InChI=1S/C25H21NO2S/c27-24-22(21-14-8-3-9-15-21)23(29-18-20-12-6-2-7-13-20)25(28)26(24)17-16-19-10-4-1-5-11-19/h1-15H,16-18H2. The van der Waals surface area contributed by atoms with E-state index in [-0.39, 0.29) is 11.8 Å². The van der Waals surface area contributed by atoms with E-state index in [4.69, 9.17) is 0 Å². The highest BCUT2D eigenvalue weighted by molar-refractivity contribution is 8.03. The molecule has 0 atom stereocenters. The van der Waals surface area contributed by atoms with Gasteiger partial charge in [-0.1, -0.05) is 91.0 Å². The van der Waals surface area contributed by atoms with Crippen molar-refractivity contribution >= 4 is 29.1 Å². The lowest BCUT2D eigenvalue weighted by molar-refractivity contribution is -0.136. The number of carbonyl (C=O) groups is 2. The normalized spacial score (nSPS) is 14.0. The minimum absolute atomic E-state index is 0.189. The van der Waals surface area contributed by atoms with Crippen LogP contribution in [0.4, 0.5) is 0 Å². The Labute approximate surface area is 175 Å². The lowest BCUT2D eigenvalue weighted by Gasteiger charge is -2.15. The van der Waals surface area contributed by atoms with Gasteiger partial charge in [0.2, 0.25) is 0 Å². The number of carbonyl (C=O) groups excluding carboxylic acids is 2. The first kappa shape index (κ1) is 19.2. The fourth-order valence-electron chi connectivity index (χ4n) is 3.37. The lowest BCUT2D eigenvalue weighted by Crippen LogP contribution is -2.33. The Bertz CT molecular complexity index is 1030. The van der Waals surface area contributed by atoms with E-state index in [2.05, 4.69) is 0 Å². The first-order chi connectivity index (χ1) is 14.2. The summed E-state index contributed by atoms with van der Waals surface area (Å²) in [6, 6.07) is 29.4. The predicted molar refractivity (Wildman–Crippen MR) is 118 cm³/mol. The molecule has 1 aliphatic heterocycles. The number of amides is 2. The molecule has 0 unspecified atom stereocenters. The van der Waals surface area contributed by atoms with Gasteiger partial charge in [0.05, 0.1) is 10.5 Å². The van der Waals surface area contributed by atoms with Crippen LogP contribution >= 0.6 is 11.8 Å². The maximum absolute atomic E-state index is 13.2. The quantitative estimate of drug-likeness (QED) is 0.528. The first-order valence-electron chi connectivity index (χ1n) is 9.60. The average Bonchev–Trinajstić information content (AvgIpc) is 3.02. The third kappa shape index (κ3) is 4.33. The highest BCUT2D eigenvalue weighted by atomic mass is 32.2. The SMILES string of the molecule is O=C1C(SCc2ccccc2)=C(c2ccccc2)C(=O)N1CCc1ccccc1. The van der Waals surface area contributed by atoms with Crippen LogP contribution in [0.5, 0.6) is 0 Å². The van der Waals surface area contributed by atoms with Gasteiger partial charge in [-0.25, -0.2) is 0 Å². The molecular weight excluding hydrogens is 378 g/mol. The van der Waals surface area contributed by atoms with Crippen molar-refractivity contribution in [1.29, 1.82) is 0 Å². The molecule has 0 saturated heterocycles. The largest absolute Gasteiger partial charge is 0.274 e. The van der Waals surface area contributed by atoms with Crippen molar-refractivity contribution in [2.24, 2.45) is 0 Å². The molecule has 0 bridgehead atoms. The summed E-state index contributed by atoms with van der Waals surface area (Å²) in [6.45, 7) is 0.382. The van der Waals surface area contributed by atoms with Crippen LogP contribution in [0, 0.1) is 0 Å². The van der Waals surface area contributed by atoms with E-state index in [1.807, 2.05) is 91.0 Å². The van der Waals surface area contributed by atoms with Crippen molar-refractivity contribution in [3.63, 3.8) is 0 Å². The highest BCUT2D eigenvalue weighted by Crippen LogP contribution is 2.37. The van der Waals surface area contributed by atoms with Crippen LogP contribution in [0.2, 0.25) is 0 Å². The van der Waals surface area contributed by atoms with E-state index in [9.17, 15) is 9.59 Å². The zero-order valence-electron chi connectivity index (χ0n) is 16.0. The number of imide groups is 1. The molecule has 29 heavy (non-hydrogen) atoms. The van der Waals surface area contributed by atoms with Gasteiger partial charge in [0.25, 0.3) is 11.8 Å². The molecule has 1 heterocycles. The Kier molecular flexibility index (Phi) is 5.92. The number of benzene rings is 3. The third-order valence-corrected chi connectivity index (χ3v) is 6.03. The molecule has 0 fully saturated rings. The maximum Gasteiger partial charge on any atom is 0.268 e. The summed E-state index contributed by atoms with van der Waals surface area (Å²) in [5, 5.41) is 0. The summed E-state index contributed by atoms with van der Waals surface area (Å²) in [4.78, 5) is 28.3. The van der Waals surface area contributed by atoms with Gasteiger partial charge in [-0.3, -0.25) is 14.5 Å². The average molecular weight is 400 g/mol. The molecular formula is C25H21NO2S. The Hall–Kier alpha value is -3.11. The van der Waals surface area contributed by atoms with Crippen LogP contribution in [0.25, 0.3) is 5.57 Å². The summed E-state index contributed by atoms with van der Waals surface area (Å²) in [5.74, 6) is 0.260. The molecule has 1 aliphatic rings. The van der Waals surface area contributed by atoms with E-state index < -0.39 is 0 Å². The molecule has 4 heteroatoms. The van der Waals surface area contributed by atoms with Crippen molar-refractivity contribution in [2.75, 3.05) is 6.54 Å². The minimum Gasteiger partial charge on any atom is -0.274 e. The van der Waals surface area contributed by atoms with Crippen molar-refractivity contribution in [3.8, 4) is 0 Å².